The van der Waals surface area contributed by atoms with Crippen LogP contribution in [0.1, 0.15) is 45.5 Å². The summed E-state index contributed by atoms with van der Waals surface area (Å²) in [7, 11) is 0. The van der Waals surface area contributed by atoms with E-state index in [1.807, 2.05) is 64.4 Å². The van der Waals surface area contributed by atoms with Gasteiger partial charge in [0, 0.05) is 23.5 Å². The van der Waals surface area contributed by atoms with E-state index >= 15 is 0 Å². The summed E-state index contributed by atoms with van der Waals surface area (Å²) in [5.74, 6) is 0.703. The van der Waals surface area contributed by atoms with Crippen LogP contribution in [0.5, 0.6) is 0 Å². The minimum absolute atomic E-state index is 0.00580. The van der Waals surface area contributed by atoms with Gasteiger partial charge < -0.3 is 9.80 Å². The average Bonchev–Trinajstić information content (AvgIpc) is 3.00. The van der Waals surface area contributed by atoms with Crippen LogP contribution in [0.25, 0.3) is 6.08 Å². The smallest absolute Gasteiger partial charge is 0.265 e. The van der Waals surface area contributed by atoms with Crippen LogP contribution in [0.15, 0.2) is 113 Å². The van der Waals surface area contributed by atoms with Gasteiger partial charge in [-0.05, 0) is 79.1 Å². The number of anilines is 1. The molecule has 0 N–H and O–H groups in total. The van der Waals surface area contributed by atoms with Crippen LogP contribution in [0.4, 0.5) is 5.69 Å². The van der Waals surface area contributed by atoms with Crippen LogP contribution in [-0.2, 0) is 17.8 Å². The summed E-state index contributed by atoms with van der Waals surface area (Å²) in [6.07, 6.45) is 5.08. The van der Waals surface area contributed by atoms with Gasteiger partial charge in [0.2, 0.25) is 0 Å². The number of benzene rings is 4. The Labute approximate surface area is 246 Å². The van der Waals surface area contributed by atoms with Crippen molar-refractivity contribution < 1.29 is 9.59 Å². The second-order valence-corrected chi connectivity index (χ2v) is 12.1. The fraction of sp³-hybridized carbons (Fsp3) is 0.222. The molecule has 0 radical (unpaired) electrons. The Morgan fingerprint density at radius 2 is 1.56 bits per heavy atom. The molecule has 0 aromatic heterocycles. The predicted molar refractivity (Wildman–Crippen MR) is 168 cm³/mol. The minimum Gasteiger partial charge on any atom is -0.339 e. The Kier molecular flexibility index (Phi) is 8.06. The number of nitrogens with zero attached hydrogens (tertiary/aromatic N) is 2. The lowest BCUT2D eigenvalue weighted by atomic mass is 9.90. The molecule has 41 heavy (non-hydrogen) atoms. The highest BCUT2D eigenvalue weighted by atomic mass is 32.2. The van der Waals surface area contributed by atoms with Gasteiger partial charge in [0.1, 0.15) is 0 Å². The summed E-state index contributed by atoms with van der Waals surface area (Å²) < 4.78 is 0. The maximum atomic E-state index is 13.7. The molecule has 2 heterocycles. The molecule has 206 valence electrons. The molecule has 0 unspecified atom stereocenters. The van der Waals surface area contributed by atoms with E-state index in [1.165, 1.54) is 22.9 Å². The molecule has 1 saturated heterocycles. The molecule has 0 aliphatic carbocycles. The normalized spacial score (nSPS) is 16.6. The van der Waals surface area contributed by atoms with Crippen molar-refractivity contribution in [3.05, 3.63) is 136 Å². The number of hydrogen-bond acceptors (Lipinski definition) is 3. The average molecular weight is 559 g/mol. The summed E-state index contributed by atoms with van der Waals surface area (Å²) in [5, 5.41) is 0. The lowest BCUT2D eigenvalue weighted by molar-refractivity contribution is -0.114. The van der Waals surface area contributed by atoms with Gasteiger partial charge in [0.25, 0.3) is 11.8 Å². The summed E-state index contributed by atoms with van der Waals surface area (Å²) >= 11 is 1.51. The third-order valence-electron chi connectivity index (χ3n) is 7.98. The summed E-state index contributed by atoms with van der Waals surface area (Å²) in [5.41, 5.74) is 6.20. The quantitative estimate of drug-likeness (QED) is 0.227. The molecule has 0 spiro atoms. The zero-order valence-corrected chi connectivity index (χ0v) is 24.1. The fourth-order valence-corrected chi connectivity index (χ4v) is 6.81. The Morgan fingerprint density at radius 3 is 2.32 bits per heavy atom. The molecular formula is C36H34N2O2S. The number of carbonyl (C=O) groups excluding carboxylic acids is 2. The Hall–Kier alpha value is -4.09. The zero-order valence-electron chi connectivity index (χ0n) is 23.3. The molecule has 4 aromatic rings. The monoisotopic (exact) mass is 558 g/mol. The number of hydrogen-bond donors (Lipinski definition) is 0. The standard InChI is InChI=1S/C36H34N2O2S/c1-26-8-7-11-30(22-26)25-38-32-12-5-6-13-33(32)41-34(36(38)40)24-28-14-16-31(17-15-28)35(39)37-20-18-29(19-21-37)23-27-9-3-2-4-10-27/h2-17,22,24,29H,18-21,23,25H2,1H3. The predicted octanol–water partition coefficient (Wildman–Crippen LogP) is 7.77. The van der Waals surface area contributed by atoms with Crippen molar-refractivity contribution in [3.63, 3.8) is 0 Å². The summed E-state index contributed by atoms with van der Waals surface area (Å²) in [6, 6.07) is 34.6. The second kappa shape index (κ2) is 12.2. The molecular weight excluding hydrogens is 524 g/mol. The number of aryl methyl sites for hydroxylation is 1. The van der Waals surface area contributed by atoms with Gasteiger partial charge in [-0.2, -0.15) is 0 Å². The van der Waals surface area contributed by atoms with Crippen LogP contribution >= 0.6 is 11.8 Å². The first kappa shape index (κ1) is 27.1. The number of piperidine rings is 1. The lowest BCUT2D eigenvalue weighted by Gasteiger charge is -2.32. The molecule has 2 amide bonds. The van der Waals surface area contributed by atoms with E-state index in [9.17, 15) is 9.59 Å². The second-order valence-electron chi connectivity index (χ2n) is 11.0. The topological polar surface area (TPSA) is 40.6 Å². The highest BCUT2D eigenvalue weighted by Crippen LogP contribution is 2.42. The first-order chi connectivity index (χ1) is 20.0. The lowest BCUT2D eigenvalue weighted by Crippen LogP contribution is -2.38. The van der Waals surface area contributed by atoms with Crippen molar-refractivity contribution in [1.82, 2.24) is 4.90 Å². The van der Waals surface area contributed by atoms with Crippen LogP contribution in [0.3, 0.4) is 0 Å². The number of likely N-dealkylation sites (tertiary alicyclic amines) is 1. The minimum atomic E-state index is -0.00580. The maximum absolute atomic E-state index is 13.7. The van der Waals surface area contributed by atoms with Crippen LogP contribution in [0.2, 0.25) is 0 Å². The van der Waals surface area contributed by atoms with Crippen molar-refractivity contribution in [2.24, 2.45) is 5.92 Å². The van der Waals surface area contributed by atoms with Gasteiger partial charge in [-0.15, -0.1) is 0 Å². The number of amides is 2. The SMILES string of the molecule is Cc1cccc(CN2C(=O)C(=Cc3ccc(C(=O)N4CCC(Cc5ccccc5)CC4)cc3)Sc3ccccc32)c1. The Balaban J connectivity index is 1.13. The Morgan fingerprint density at radius 1 is 0.854 bits per heavy atom. The first-order valence-electron chi connectivity index (χ1n) is 14.3. The molecule has 2 aliphatic heterocycles. The maximum Gasteiger partial charge on any atom is 0.265 e. The van der Waals surface area contributed by atoms with Crippen molar-refractivity contribution in [3.8, 4) is 0 Å². The highest BCUT2D eigenvalue weighted by Gasteiger charge is 2.29. The van der Waals surface area contributed by atoms with Crippen LogP contribution in [-0.4, -0.2) is 29.8 Å². The van der Waals surface area contributed by atoms with Gasteiger partial charge in [-0.3, -0.25) is 9.59 Å². The van der Waals surface area contributed by atoms with Gasteiger partial charge >= 0.3 is 0 Å². The summed E-state index contributed by atoms with van der Waals surface area (Å²) in [4.78, 5) is 32.5. The number of fused-ring (bicyclic) bond motifs is 1. The molecule has 0 atom stereocenters. The van der Waals surface area contributed by atoms with Crippen molar-refractivity contribution in [2.45, 2.75) is 37.6 Å². The highest BCUT2D eigenvalue weighted by molar-refractivity contribution is 8.04. The van der Waals surface area contributed by atoms with Gasteiger partial charge in [0.15, 0.2) is 0 Å². The van der Waals surface area contributed by atoms with E-state index < -0.39 is 0 Å². The van der Waals surface area contributed by atoms with Crippen molar-refractivity contribution >= 4 is 35.3 Å². The van der Waals surface area contributed by atoms with E-state index in [4.69, 9.17) is 0 Å². The van der Waals surface area contributed by atoms with Gasteiger partial charge in [-0.25, -0.2) is 0 Å². The molecule has 4 aromatic carbocycles. The van der Waals surface area contributed by atoms with E-state index in [0.29, 0.717) is 22.9 Å². The number of thioether (sulfide) groups is 1. The molecule has 6 rings (SSSR count). The number of rotatable bonds is 6. The number of carbonyl (C=O) groups is 2. The third kappa shape index (κ3) is 6.31. The third-order valence-corrected chi connectivity index (χ3v) is 9.06. The molecule has 1 fully saturated rings. The van der Waals surface area contributed by atoms with Gasteiger partial charge in [-0.1, -0.05) is 96.2 Å². The molecule has 5 heteroatoms. The van der Waals surface area contributed by atoms with Gasteiger partial charge in [0.05, 0.1) is 17.1 Å². The fourth-order valence-electron chi connectivity index (χ4n) is 5.76. The first-order valence-corrected chi connectivity index (χ1v) is 15.1. The van der Waals surface area contributed by atoms with Crippen molar-refractivity contribution in [2.75, 3.05) is 18.0 Å². The van der Waals surface area contributed by atoms with E-state index in [2.05, 4.69) is 61.5 Å². The zero-order chi connectivity index (χ0) is 28.2. The molecule has 0 bridgehead atoms. The van der Waals surface area contributed by atoms with Crippen LogP contribution in [0, 0.1) is 12.8 Å². The number of para-hydroxylation sites is 1. The van der Waals surface area contributed by atoms with Crippen molar-refractivity contribution in [1.29, 1.82) is 0 Å². The molecule has 2 aliphatic rings. The van der Waals surface area contributed by atoms with E-state index in [0.717, 1.165) is 54.1 Å². The summed E-state index contributed by atoms with van der Waals surface area (Å²) in [6.45, 7) is 4.18. The molecule has 0 saturated carbocycles. The van der Waals surface area contributed by atoms with E-state index in [1.54, 1.807) is 0 Å². The molecule has 4 nitrogen and oxygen atoms in total. The Bertz CT molecular complexity index is 1570. The largest absolute Gasteiger partial charge is 0.339 e. The van der Waals surface area contributed by atoms with Crippen LogP contribution < -0.4 is 4.90 Å². The van der Waals surface area contributed by atoms with E-state index in [-0.39, 0.29) is 11.8 Å².